The number of carbonyl (C=O) groups is 1. The van der Waals surface area contributed by atoms with Gasteiger partial charge in [0.2, 0.25) is 0 Å². The van der Waals surface area contributed by atoms with E-state index in [9.17, 15) is 18.7 Å². The fourth-order valence-electron chi connectivity index (χ4n) is 1.15. The van der Waals surface area contributed by atoms with Gasteiger partial charge in [0.1, 0.15) is 6.04 Å². The van der Waals surface area contributed by atoms with Crippen molar-refractivity contribution in [2.24, 2.45) is 0 Å². The molecule has 14 heavy (non-hydrogen) atoms. The van der Waals surface area contributed by atoms with Gasteiger partial charge in [-0.1, -0.05) is 6.07 Å². The van der Waals surface area contributed by atoms with Crippen LogP contribution < -0.4 is 10.8 Å². The second-order valence-electron chi connectivity index (χ2n) is 2.92. The number of carboxylic acid groups (broad SMARTS) is 1. The second kappa shape index (κ2) is 4.15. The lowest BCUT2D eigenvalue weighted by Gasteiger charge is -2.10. The molecule has 0 saturated heterocycles. The van der Waals surface area contributed by atoms with E-state index in [-0.39, 0.29) is 5.56 Å². The fraction of sp³-hybridized carbons (Fsp3) is 0.222. The Kier molecular flexibility index (Phi) is 3.14. The van der Waals surface area contributed by atoms with Crippen molar-refractivity contribution in [3.63, 3.8) is 0 Å². The van der Waals surface area contributed by atoms with Crippen molar-refractivity contribution in [1.82, 2.24) is 0 Å². The first kappa shape index (κ1) is 10.6. The molecule has 76 valence electrons. The highest BCUT2D eigenvalue weighted by Crippen LogP contribution is 2.18. The van der Waals surface area contributed by atoms with Gasteiger partial charge in [0.15, 0.2) is 11.6 Å². The Morgan fingerprint density at radius 2 is 2.14 bits per heavy atom. The SMILES string of the molecule is [NH3+][C@@H](CC(=O)[O-])c1cccc(F)c1F. The molecule has 3 nitrogen and oxygen atoms in total. The van der Waals surface area contributed by atoms with Crippen molar-refractivity contribution >= 4 is 5.97 Å². The maximum atomic E-state index is 13.1. The third-order valence-corrected chi connectivity index (χ3v) is 1.83. The summed E-state index contributed by atoms with van der Waals surface area (Å²) in [5.41, 5.74) is 3.38. The summed E-state index contributed by atoms with van der Waals surface area (Å²) in [4.78, 5) is 10.2. The van der Waals surface area contributed by atoms with E-state index in [0.717, 1.165) is 6.07 Å². The molecule has 1 aromatic rings. The quantitative estimate of drug-likeness (QED) is 0.708. The molecule has 5 heteroatoms. The van der Waals surface area contributed by atoms with Gasteiger partial charge in [0.25, 0.3) is 0 Å². The Balaban J connectivity index is 2.95. The number of hydrogen-bond acceptors (Lipinski definition) is 2. The summed E-state index contributed by atoms with van der Waals surface area (Å²) in [6.45, 7) is 0. The van der Waals surface area contributed by atoms with E-state index in [1.165, 1.54) is 12.1 Å². The summed E-state index contributed by atoms with van der Waals surface area (Å²) in [5, 5.41) is 10.2. The van der Waals surface area contributed by atoms with Gasteiger partial charge in [-0.2, -0.15) is 0 Å². The lowest BCUT2D eigenvalue weighted by Crippen LogP contribution is -2.55. The van der Waals surface area contributed by atoms with E-state index in [2.05, 4.69) is 5.73 Å². The molecule has 0 aliphatic heterocycles. The average Bonchev–Trinajstić information content (AvgIpc) is 2.08. The Hall–Kier alpha value is -1.49. The number of carboxylic acids is 1. The van der Waals surface area contributed by atoms with Crippen molar-refractivity contribution in [1.29, 1.82) is 0 Å². The smallest absolute Gasteiger partial charge is 0.167 e. The highest BCUT2D eigenvalue weighted by atomic mass is 19.2. The van der Waals surface area contributed by atoms with Crippen LogP contribution in [0.5, 0.6) is 0 Å². The Morgan fingerprint density at radius 1 is 1.50 bits per heavy atom. The van der Waals surface area contributed by atoms with Crippen LogP contribution >= 0.6 is 0 Å². The molecule has 0 aromatic heterocycles. The van der Waals surface area contributed by atoms with Gasteiger partial charge in [0.05, 0.1) is 0 Å². The van der Waals surface area contributed by atoms with Crippen molar-refractivity contribution in [3.05, 3.63) is 35.4 Å². The zero-order valence-electron chi connectivity index (χ0n) is 7.30. The number of rotatable bonds is 3. The first-order chi connectivity index (χ1) is 6.52. The molecule has 0 heterocycles. The van der Waals surface area contributed by atoms with Gasteiger partial charge in [-0.05, 0) is 12.1 Å². The van der Waals surface area contributed by atoms with Crippen LogP contribution in [-0.4, -0.2) is 5.97 Å². The summed E-state index contributed by atoms with van der Waals surface area (Å²) >= 11 is 0. The largest absolute Gasteiger partial charge is 0.550 e. The molecule has 1 atom stereocenters. The van der Waals surface area contributed by atoms with Gasteiger partial charge in [0, 0.05) is 18.0 Å². The van der Waals surface area contributed by atoms with E-state index in [1.54, 1.807) is 0 Å². The van der Waals surface area contributed by atoms with Gasteiger partial charge in [-0.15, -0.1) is 0 Å². The van der Waals surface area contributed by atoms with Crippen molar-refractivity contribution < 1.29 is 24.4 Å². The number of quaternary nitrogens is 1. The van der Waals surface area contributed by atoms with E-state index >= 15 is 0 Å². The molecule has 0 fully saturated rings. The molecular weight excluding hydrogens is 192 g/mol. The number of halogens is 2. The predicted molar refractivity (Wildman–Crippen MR) is 41.6 cm³/mol. The molecule has 1 aromatic carbocycles. The van der Waals surface area contributed by atoms with Crippen molar-refractivity contribution in [2.45, 2.75) is 12.5 Å². The topological polar surface area (TPSA) is 67.8 Å². The van der Waals surface area contributed by atoms with E-state index in [4.69, 9.17) is 0 Å². The van der Waals surface area contributed by atoms with Crippen LogP contribution in [0.3, 0.4) is 0 Å². The molecule has 0 bridgehead atoms. The van der Waals surface area contributed by atoms with Gasteiger partial charge in [-0.25, -0.2) is 8.78 Å². The number of aliphatic carboxylic acids is 1. The Morgan fingerprint density at radius 3 is 2.71 bits per heavy atom. The summed E-state index contributed by atoms with van der Waals surface area (Å²) in [5.74, 6) is -3.39. The first-order valence-electron chi connectivity index (χ1n) is 3.99. The second-order valence-corrected chi connectivity index (χ2v) is 2.92. The summed E-state index contributed by atoms with van der Waals surface area (Å²) in [6, 6.07) is 2.74. The van der Waals surface area contributed by atoms with E-state index in [0.29, 0.717) is 0 Å². The monoisotopic (exact) mass is 201 g/mol. The highest BCUT2D eigenvalue weighted by Gasteiger charge is 2.17. The van der Waals surface area contributed by atoms with Crippen LogP contribution in [0.15, 0.2) is 18.2 Å². The molecule has 0 saturated carbocycles. The molecule has 0 amide bonds. The third-order valence-electron chi connectivity index (χ3n) is 1.83. The standard InChI is InChI=1S/C9H9F2NO2/c10-6-3-1-2-5(9(6)11)7(12)4-8(13)14/h1-3,7H,4,12H2,(H,13,14)/t7-/m0/s1. The maximum absolute atomic E-state index is 13.1. The summed E-state index contributed by atoms with van der Waals surface area (Å²) in [7, 11) is 0. The van der Waals surface area contributed by atoms with Gasteiger partial charge in [-0.3, -0.25) is 0 Å². The van der Waals surface area contributed by atoms with Crippen molar-refractivity contribution in [3.8, 4) is 0 Å². The van der Waals surface area contributed by atoms with Crippen LogP contribution in [0.2, 0.25) is 0 Å². The molecule has 0 radical (unpaired) electrons. The lowest BCUT2D eigenvalue weighted by atomic mass is 10.0. The van der Waals surface area contributed by atoms with Crippen LogP contribution in [0.1, 0.15) is 18.0 Å². The normalized spacial score (nSPS) is 12.5. The Labute approximate surface area is 79.2 Å². The highest BCUT2D eigenvalue weighted by molar-refractivity contribution is 5.65. The number of hydrogen-bond donors (Lipinski definition) is 1. The molecule has 3 N–H and O–H groups in total. The minimum absolute atomic E-state index is 0.0470. The number of carbonyl (C=O) groups excluding carboxylic acids is 1. The molecule has 0 aliphatic rings. The fourth-order valence-corrected chi connectivity index (χ4v) is 1.15. The van der Waals surface area contributed by atoms with Crippen molar-refractivity contribution in [2.75, 3.05) is 0 Å². The molecule has 0 aliphatic carbocycles. The zero-order chi connectivity index (χ0) is 10.7. The average molecular weight is 201 g/mol. The van der Waals surface area contributed by atoms with Crippen LogP contribution in [0.25, 0.3) is 0 Å². The van der Waals surface area contributed by atoms with Crippen LogP contribution in [0.4, 0.5) is 8.78 Å². The summed E-state index contributed by atoms with van der Waals surface area (Å²) in [6.07, 6.45) is -0.430. The number of benzene rings is 1. The molecule has 1 rings (SSSR count). The van der Waals surface area contributed by atoms with E-state index in [1.807, 2.05) is 0 Å². The van der Waals surface area contributed by atoms with Gasteiger partial charge >= 0.3 is 0 Å². The molecule has 0 spiro atoms. The van der Waals surface area contributed by atoms with E-state index < -0.39 is 30.1 Å². The zero-order valence-corrected chi connectivity index (χ0v) is 7.30. The predicted octanol–water partition coefficient (Wildman–Crippen LogP) is -0.612. The Bertz CT molecular complexity index is 355. The third kappa shape index (κ3) is 2.26. The lowest BCUT2D eigenvalue weighted by molar-refractivity contribution is -0.431. The maximum Gasteiger partial charge on any atom is 0.167 e. The minimum atomic E-state index is -1.34. The molecule has 0 unspecified atom stereocenters. The molecular formula is C9H9F2NO2. The summed E-state index contributed by atoms with van der Waals surface area (Å²) < 4.78 is 25.8. The minimum Gasteiger partial charge on any atom is -0.550 e. The first-order valence-corrected chi connectivity index (χ1v) is 3.99. The van der Waals surface area contributed by atoms with Gasteiger partial charge < -0.3 is 15.6 Å². The van der Waals surface area contributed by atoms with Crippen LogP contribution in [0, 0.1) is 11.6 Å². The van der Waals surface area contributed by atoms with Crippen LogP contribution in [-0.2, 0) is 4.79 Å².